The summed E-state index contributed by atoms with van der Waals surface area (Å²) in [7, 11) is 0. The van der Waals surface area contributed by atoms with Crippen molar-refractivity contribution in [3.8, 4) is 5.75 Å². The minimum atomic E-state index is -1.00. The number of phenolic OH excluding ortho intramolecular Hbond substituents is 1. The Morgan fingerprint density at radius 1 is 1.11 bits per heavy atom. The van der Waals surface area contributed by atoms with Crippen LogP contribution in [-0.4, -0.2) is 51.4 Å². The molecular weight excluding hydrogens is 502 g/mol. The minimum Gasteiger partial charge on any atom is -0.508 e. The van der Waals surface area contributed by atoms with E-state index in [0.717, 1.165) is 17.5 Å². The number of para-hydroxylation sites is 1. The van der Waals surface area contributed by atoms with Gasteiger partial charge in [-0.05, 0) is 88.3 Å². The molecule has 2 aromatic carbocycles. The van der Waals surface area contributed by atoms with Gasteiger partial charge in [-0.1, -0.05) is 31.2 Å². The minimum absolute atomic E-state index is 0.0233. The zero-order valence-corrected chi connectivity index (χ0v) is 24.1. The molecule has 0 radical (unpaired) electrons. The molecule has 1 aliphatic rings. The van der Waals surface area contributed by atoms with Gasteiger partial charge in [0, 0.05) is 17.5 Å². The standard InChI is InChI=1S/C29H39N3O5S/c1-16-9-8-10-17(2)24(16)31-26(34)25(20-11-12-23(33)19(4)13-20)32(22-14-18(22)3)27(35)21(15-38)30-28(36)37-29(5,6)7/h8-13,18,21-22,25,33,38H,14-15H2,1-7H3,(H,30,36)(H,31,34). The van der Waals surface area contributed by atoms with Crippen molar-refractivity contribution in [2.45, 2.75) is 78.6 Å². The van der Waals surface area contributed by atoms with Crippen molar-refractivity contribution in [1.82, 2.24) is 10.2 Å². The van der Waals surface area contributed by atoms with Crippen molar-refractivity contribution < 1.29 is 24.2 Å². The van der Waals surface area contributed by atoms with Gasteiger partial charge in [0.2, 0.25) is 5.91 Å². The fourth-order valence-electron chi connectivity index (χ4n) is 4.48. The first-order valence-corrected chi connectivity index (χ1v) is 13.5. The number of nitrogens with zero attached hydrogens (tertiary/aromatic N) is 1. The number of ether oxygens (including phenoxy) is 1. The molecule has 0 aliphatic heterocycles. The zero-order valence-electron chi connectivity index (χ0n) is 23.2. The molecule has 0 aromatic heterocycles. The van der Waals surface area contributed by atoms with E-state index in [2.05, 4.69) is 23.3 Å². The van der Waals surface area contributed by atoms with Crippen molar-refractivity contribution in [2.75, 3.05) is 11.1 Å². The lowest BCUT2D eigenvalue weighted by atomic mass is 9.99. The average Bonchev–Trinajstić information content (AvgIpc) is 3.54. The second-order valence-electron chi connectivity index (χ2n) is 11.1. The Kier molecular flexibility index (Phi) is 9.02. The predicted molar refractivity (Wildman–Crippen MR) is 152 cm³/mol. The molecule has 8 nitrogen and oxygen atoms in total. The molecule has 3 amide bonds. The van der Waals surface area contributed by atoms with E-state index < -0.39 is 29.7 Å². The molecule has 0 saturated heterocycles. The van der Waals surface area contributed by atoms with E-state index in [-0.39, 0.29) is 29.4 Å². The smallest absolute Gasteiger partial charge is 0.408 e. The van der Waals surface area contributed by atoms with Crippen LogP contribution in [0.15, 0.2) is 36.4 Å². The van der Waals surface area contributed by atoms with Gasteiger partial charge in [-0.15, -0.1) is 0 Å². The molecule has 3 N–H and O–H groups in total. The van der Waals surface area contributed by atoms with E-state index in [1.807, 2.05) is 39.0 Å². The number of alkyl carbamates (subject to hydrolysis) is 1. The van der Waals surface area contributed by atoms with Crippen molar-refractivity contribution in [3.05, 3.63) is 58.7 Å². The van der Waals surface area contributed by atoms with Crippen molar-refractivity contribution in [2.24, 2.45) is 5.92 Å². The van der Waals surface area contributed by atoms with Crippen LogP contribution in [0.25, 0.3) is 0 Å². The summed E-state index contributed by atoms with van der Waals surface area (Å²) in [5.41, 5.74) is 2.89. The maximum atomic E-state index is 14.0. The van der Waals surface area contributed by atoms with E-state index in [9.17, 15) is 19.5 Å². The van der Waals surface area contributed by atoms with Crippen LogP contribution in [0.5, 0.6) is 5.75 Å². The number of amides is 3. The van der Waals surface area contributed by atoms with Crippen molar-refractivity contribution in [1.29, 1.82) is 0 Å². The Bertz CT molecular complexity index is 1190. The highest BCUT2D eigenvalue weighted by Crippen LogP contribution is 2.41. The summed E-state index contributed by atoms with van der Waals surface area (Å²) >= 11 is 4.34. The van der Waals surface area contributed by atoms with Crippen LogP contribution in [0.3, 0.4) is 0 Å². The Balaban J connectivity index is 2.04. The van der Waals surface area contributed by atoms with Crippen LogP contribution < -0.4 is 10.6 Å². The lowest BCUT2D eigenvalue weighted by Crippen LogP contribution is -2.54. The molecule has 0 spiro atoms. The molecule has 206 valence electrons. The fourth-order valence-corrected chi connectivity index (χ4v) is 4.73. The number of aromatic hydroxyl groups is 1. The highest BCUT2D eigenvalue weighted by atomic mass is 32.1. The van der Waals surface area contributed by atoms with Gasteiger partial charge in [0.25, 0.3) is 5.91 Å². The third-order valence-corrected chi connectivity index (χ3v) is 7.01. The van der Waals surface area contributed by atoms with E-state index in [1.54, 1.807) is 44.7 Å². The van der Waals surface area contributed by atoms with Gasteiger partial charge in [-0.25, -0.2) is 4.79 Å². The van der Waals surface area contributed by atoms with Gasteiger partial charge in [-0.3, -0.25) is 9.59 Å². The van der Waals surface area contributed by atoms with Gasteiger partial charge in [0.05, 0.1) is 0 Å². The molecule has 1 aliphatic carbocycles. The topological polar surface area (TPSA) is 108 Å². The number of aryl methyl sites for hydroxylation is 3. The highest BCUT2D eigenvalue weighted by Gasteiger charge is 2.48. The number of rotatable bonds is 8. The lowest BCUT2D eigenvalue weighted by molar-refractivity contribution is -0.141. The first-order chi connectivity index (χ1) is 17.7. The third-order valence-electron chi connectivity index (χ3n) is 6.64. The van der Waals surface area contributed by atoms with Gasteiger partial charge in [0.15, 0.2) is 0 Å². The summed E-state index contributed by atoms with van der Waals surface area (Å²) in [5.74, 6) is -0.507. The molecule has 1 fully saturated rings. The van der Waals surface area contributed by atoms with Crippen LogP contribution in [0, 0.1) is 26.7 Å². The van der Waals surface area contributed by atoms with E-state index in [1.165, 1.54) is 6.07 Å². The molecule has 38 heavy (non-hydrogen) atoms. The predicted octanol–water partition coefficient (Wildman–Crippen LogP) is 5.06. The number of phenols is 1. The molecule has 2 aromatic rings. The molecule has 4 atom stereocenters. The highest BCUT2D eigenvalue weighted by molar-refractivity contribution is 7.80. The number of benzene rings is 2. The molecule has 1 saturated carbocycles. The normalized spacial score (nSPS) is 18.2. The molecule has 4 unspecified atom stereocenters. The summed E-state index contributed by atoms with van der Waals surface area (Å²) in [4.78, 5) is 42.2. The van der Waals surface area contributed by atoms with Crippen LogP contribution in [0.4, 0.5) is 10.5 Å². The molecule has 9 heteroatoms. The van der Waals surface area contributed by atoms with E-state index >= 15 is 0 Å². The number of hydrogen-bond acceptors (Lipinski definition) is 6. The van der Waals surface area contributed by atoms with Crippen LogP contribution >= 0.6 is 12.6 Å². The van der Waals surface area contributed by atoms with Gasteiger partial charge < -0.3 is 25.4 Å². The molecule has 3 rings (SSSR count). The SMILES string of the molecule is Cc1cc(C(C(=O)Nc2c(C)cccc2C)N(C(=O)C(CS)NC(=O)OC(C)(C)C)C2CC2C)ccc1O. The zero-order chi connectivity index (χ0) is 28.4. The summed E-state index contributed by atoms with van der Waals surface area (Å²) in [6.07, 6.45) is -0.00691. The average molecular weight is 542 g/mol. The Hall–Kier alpha value is -3.20. The molecule has 0 heterocycles. The summed E-state index contributed by atoms with van der Waals surface area (Å²) < 4.78 is 5.36. The van der Waals surface area contributed by atoms with E-state index in [4.69, 9.17) is 4.74 Å². The van der Waals surface area contributed by atoms with Crippen LogP contribution in [0.2, 0.25) is 0 Å². The monoisotopic (exact) mass is 541 g/mol. The first-order valence-electron chi connectivity index (χ1n) is 12.8. The molecular formula is C29H39N3O5S. The summed E-state index contributed by atoms with van der Waals surface area (Å²) in [6, 6.07) is 8.43. The second-order valence-corrected chi connectivity index (χ2v) is 11.5. The van der Waals surface area contributed by atoms with Crippen molar-refractivity contribution >= 4 is 36.2 Å². The fraction of sp³-hybridized carbons (Fsp3) is 0.483. The van der Waals surface area contributed by atoms with E-state index in [0.29, 0.717) is 16.8 Å². The number of thiol groups is 1. The number of hydrogen-bond donors (Lipinski definition) is 4. The second kappa shape index (κ2) is 11.7. The Morgan fingerprint density at radius 2 is 1.71 bits per heavy atom. The maximum Gasteiger partial charge on any atom is 0.408 e. The quantitative estimate of drug-likeness (QED) is 0.350. The lowest BCUT2D eigenvalue weighted by Gasteiger charge is -2.35. The largest absolute Gasteiger partial charge is 0.508 e. The number of carbonyl (C=O) groups excluding carboxylic acids is 3. The summed E-state index contributed by atoms with van der Waals surface area (Å²) in [6.45, 7) is 12.8. The van der Waals surface area contributed by atoms with Crippen LogP contribution in [-0.2, 0) is 14.3 Å². The first kappa shape index (κ1) is 29.4. The number of carbonyl (C=O) groups is 3. The Labute approximate surface area is 230 Å². The summed E-state index contributed by atoms with van der Waals surface area (Å²) in [5, 5.41) is 15.8. The van der Waals surface area contributed by atoms with Gasteiger partial charge in [0.1, 0.15) is 23.4 Å². The van der Waals surface area contributed by atoms with Gasteiger partial charge in [-0.2, -0.15) is 12.6 Å². The van der Waals surface area contributed by atoms with Crippen LogP contribution in [0.1, 0.15) is 62.4 Å². The molecule has 0 bridgehead atoms. The number of anilines is 1. The Morgan fingerprint density at radius 3 is 2.21 bits per heavy atom. The number of nitrogens with one attached hydrogen (secondary N) is 2. The van der Waals surface area contributed by atoms with Crippen molar-refractivity contribution in [3.63, 3.8) is 0 Å². The maximum absolute atomic E-state index is 14.0. The third kappa shape index (κ3) is 7.01. The van der Waals surface area contributed by atoms with Gasteiger partial charge >= 0.3 is 6.09 Å².